The fourth-order valence-electron chi connectivity index (χ4n) is 2.79. The smallest absolute Gasteiger partial charge is 0.251 e. The number of ether oxygens (including phenoxy) is 1. The van der Waals surface area contributed by atoms with Crippen LogP contribution in [-0.4, -0.2) is 49.5 Å². The van der Waals surface area contributed by atoms with E-state index < -0.39 is 0 Å². The lowest BCUT2D eigenvalue weighted by Gasteiger charge is -2.18. The molecule has 0 atom stereocenters. The van der Waals surface area contributed by atoms with Crippen molar-refractivity contribution in [2.45, 2.75) is 27.2 Å². The van der Waals surface area contributed by atoms with Gasteiger partial charge < -0.3 is 20.3 Å². The molecule has 0 fully saturated rings. The maximum absolute atomic E-state index is 12.2. The monoisotopic (exact) mass is 397 g/mol. The van der Waals surface area contributed by atoms with Crippen LogP contribution in [0.4, 0.5) is 5.69 Å². The molecular formula is C23H31N3O3. The Morgan fingerprint density at radius 2 is 1.62 bits per heavy atom. The van der Waals surface area contributed by atoms with Gasteiger partial charge in [0.1, 0.15) is 5.75 Å². The van der Waals surface area contributed by atoms with Gasteiger partial charge in [-0.15, -0.1) is 0 Å². The molecule has 156 valence electrons. The molecule has 6 heteroatoms. The molecule has 0 saturated heterocycles. The zero-order valence-electron chi connectivity index (χ0n) is 17.5. The topological polar surface area (TPSA) is 70.7 Å². The lowest BCUT2D eigenvalue weighted by Crippen LogP contribution is -2.34. The molecule has 0 aromatic heterocycles. The largest absolute Gasteiger partial charge is 0.493 e. The van der Waals surface area contributed by atoms with Crippen molar-refractivity contribution in [1.82, 2.24) is 10.2 Å². The standard InChI is InChI=1S/C23H31N3O3/c1-4-26(5-2)16-15-24-23(28)19-8-10-20(11-9-19)25-22(27)14-17-29-21-12-6-18(3)7-13-21/h6-13H,4-5,14-17H2,1-3H3,(H,24,28)(H,25,27). The van der Waals surface area contributed by atoms with Crippen molar-refractivity contribution in [2.24, 2.45) is 0 Å². The minimum absolute atomic E-state index is 0.110. The lowest BCUT2D eigenvalue weighted by molar-refractivity contribution is -0.116. The Labute approximate surface area is 173 Å². The molecule has 6 nitrogen and oxygen atoms in total. The van der Waals surface area contributed by atoms with Crippen LogP contribution >= 0.6 is 0 Å². The molecule has 0 aliphatic rings. The second-order valence-electron chi connectivity index (χ2n) is 6.82. The third kappa shape index (κ3) is 7.95. The predicted octanol–water partition coefficient (Wildman–Crippen LogP) is 3.47. The highest BCUT2D eigenvalue weighted by atomic mass is 16.5. The van der Waals surface area contributed by atoms with E-state index in [-0.39, 0.29) is 18.2 Å². The van der Waals surface area contributed by atoms with E-state index in [0.717, 1.165) is 30.9 Å². The third-order valence-electron chi connectivity index (χ3n) is 4.66. The summed E-state index contributed by atoms with van der Waals surface area (Å²) >= 11 is 0. The number of benzene rings is 2. The van der Waals surface area contributed by atoms with Crippen molar-refractivity contribution in [1.29, 1.82) is 0 Å². The number of nitrogens with one attached hydrogen (secondary N) is 2. The molecule has 0 aliphatic carbocycles. The molecule has 0 spiro atoms. The SMILES string of the molecule is CCN(CC)CCNC(=O)c1ccc(NC(=O)CCOc2ccc(C)cc2)cc1. The van der Waals surface area contributed by atoms with Crippen molar-refractivity contribution >= 4 is 17.5 Å². The van der Waals surface area contributed by atoms with E-state index in [1.165, 1.54) is 0 Å². The molecule has 0 radical (unpaired) electrons. The van der Waals surface area contributed by atoms with Gasteiger partial charge in [-0.2, -0.15) is 0 Å². The van der Waals surface area contributed by atoms with Crippen molar-refractivity contribution in [3.63, 3.8) is 0 Å². The van der Waals surface area contributed by atoms with Gasteiger partial charge in [0.25, 0.3) is 5.91 Å². The van der Waals surface area contributed by atoms with Gasteiger partial charge in [-0.25, -0.2) is 0 Å². The predicted molar refractivity (Wildman–Crippen MR) is 116 cm³/mol. The molecule has 29 heavy (non-hydrogen) atoms. The van der Waals surface area contributed by atoms with Gasteiger partial charge >= 0.3 is 0 Å². The number of hydrogen-bond donors (Lipinski definition) is 2. The van der Waals surface area contributed by atoms with Gasteiger partial charge in [0.05, 0.1) is 13.0 Å². The number of amides is 2. The van der Waals surface area contributed by atoms with E-state index in [4.69, 9.17) is 4.74 Å². The van der Waals surface area contributed by atoms with E-state index in [0.29, 0.717) is 24.4 Å². The summed E-state index contributed by atoms with van der Waals surface area (Å²) in [7, 11) is 0. The van der Waals surface area contributed by atoms with Crippen LogP contribution in [0.5, 0.6) is 5.75 Å². The van der Waals surface area contributed by atoms with Gasteiger partial charge in [0, 0.05) is 24.3 Å². The maximum atomic E-state index is 12.2. The van der Waals surface area contributed by atoms with Crippen LogP contribution in [0.1, 0.15) is 36.2 Å². The van der Waals surface area contributed by atoms with Crippen molar-refractivity contribution in [3.05, 3.63) is 59.7 Å². The molecule has 2 aromatic carbocycles. The zero-order valence-corrected chi connectivity index (χ0v) is 17.5. The first-order chi connectivity index (χ1) is 14.0. The number of hydrogen-bond acceptors (Lipinski definition) is 4. The summed E-state index contributed by atoms with van der Waals surface area (Å²) in [5.74, 6) is 0.509. The van der Waals surface area contributed by atoms with Crippen molar-refractivity contribution in [3.8, 4) is 5.75 Å². The van der Waals surface area contributed by atoms with Crippen LogP contribution in [0, 0.1) is 6.92 Å². The Morgan fingerprint density at radius 1 is 0.966 bits per heavy atom. The number of rotatable bonds is 11. The number of anilines is 1. The van der Waals surface area contributed by atoms with Crippen LogP contribution < -0.4 is 15.4 Å². The molecule has 2 aromatic rings. The minimum atomic E-state index is -0.131. The fraction of sp³-hybridized carbons (Fsp3) is 0.391. The molecule has 2 amide bonds. The zero-order chi connectivity index (χ0) is 21.1. The van der Waals surface area contributed by atoms with E-state index in [9.17, 15) is 9.59 Å². The Hall–Kier alpha value is -2.86. The minimum Gasteiger partial charge on any atom is -0.493 e. The van der Waals surface area contributed by atoms with Gasteiger partial charge in [0.2, 0.25) is 5.91 Å². The molecule has 2 N–H and O–H groups in total. The Kier molecular flexibility index (Phi) is 9.18. The van der Waals surface area contributed by atoms with E-state index in [2.05, 4.69) is 29.4 Å². The Morgan fingerprint density at radius 3 is 2.24 bits per heavy atom. The number of likely N-dealkylation sites (N-methyl/N-ethyl adjacent to an activating group) is 1. The summed E-state index contributed by atoms with van der Waals surface area (Å²) in [6, 6.07) is 14.6. The summed E-state index contributed by atoms with van der Waals surface area (Å²) in [6.45, 7) is 9.91. The van der Waals surface area contributed by atoms with E-state index in [1.54, 1.807) is 24.3 Å². The second kappa shape index (κ2) is 11.9. The molecular weight excluding hydrogens is 366 g/mol. The van der Waals surface area contributed by atoms with Crippen molar-refractivity contribution in [2.75, 3.05) is 38.1 Å². The highest BCUT2D eigenvalue weighted by Crippen LogP contribution is 2.13. The molecule has 0 unspecified atom stereocenters. The molecule has 0 saturated carbocycles. The lowest BCUT2D eigenvalue weighted by atomic mass is 10.2. The molecule has 0 heterocycles. The number of carbonyl (C=O) groups excluding carboxylic acids is 2. The second-order valence-corrected chi connectivity index (χ2v) is 6.82. The summed E-state index contributed by atoms with van der Waals surface area (Å²) < 4.78 is 5.57. The molecule has 0 aliphatic heterocycles. The first-order valence-electron chi connectivity index (χ1n) is 10.1. The summed E-state index contributed by atoms with van der Waals surface area (Å²) in [6.07, 6.45) is 0.251. The van der Waals surface area contributed by atoms with E-state index in [1.807, 2.05) is 31.2 Å². The number of aryl methyl sites for hydroxylation is 1. The summed E-state index contributed by atoms with van der Waals surface area (Å²) in [5.41, 5.74) is 2.39. The van der Waals surface area contributed by atoms with Gasteiger partial charge in [-0.3, -0.25) is 9.59 Å². The fourth-order valence-corrected chi connectivity index (χ4v) is 2.79. The Bertz CT molecular complexity index is 769. The van der Waals surface area contributed by atoms with Gasteiger partial charge in [0.15, 0.2) is 0 Å². The van der Waals surface area contributed by atoms with Crippen LogP contribution in [-0.2, 0) is 4.79 Å². The summed E-state index contributed by atoms with van der Waals surface area (Å²) in [5, 5.41) is 5.74. The molecule has 0 bridgehead atoms. The normalized spacial score (nSPS) is 10.6. The van der Waals surface area contributed by atoms with Gasteiger partial charge in [-0.1, -0.05) is 31.5 Å². The van der Waals surface area contributed by atoms with Crippen LogP contribution in [0.2, 0.25) is 0 Å². The molecule has 2 rings (SSSR count). The van der Waals surface area contributed by atoms with Crippen LogP contribution in [0.25, 0.3) is 0 Å². The van der Waals surface area contributed by atoms with Crippen LogP contribution in [0.15, 0.2) is 48.5 Å². The Balaban J connectivity index is 1.72. The average Bonchev–Trinajstić information content (AvgIpc) is 2.73. The number of nitrogens with zero attached hydrogens (tertiary/aromatic N) is 1. The number of carbonyl (C=O) groups is 2. The quantitative estimate of drug-likeness (QED) is 0.609. The van der Waals surface area contributed by atoms with Crippen molar-refractivity contribution < 1.29 is 14.3 Å². The van der Waals surface area contributed by atoms with E-state index >= 15 is 0 Å². The average molecular weight is 398 g/mol. The first-order valence-corrected chi connectivity index (χ1v) is 10.1. The van der Waals surface area contributed by atoms with Crippen LogP contribution in [0.3, 0.4) is 0 Å². The van der Waals surface area contributed by atoms with Gasteiger partial charge in [-0.05, 0) is 56.4 Å². The highest BCUT2D eigenvalue weighted by molar-refractivity contribution is 5.95. The maximum Gasteiger partial charge on any atom is 0.251 e. The highest BCUT2D eigenvalue weighted by Gasteiger charge is 2.08. The summed E-state index contributed by atoms with van der Waals surface area (Å²) in [4.78, 5) is 26.5. The first kappa shape index (κ1) is 22.4. The third-order valence-corrected chi connectivity index (χ3v) is 4.66.